The Balaban J connectivity index is 2.34. The van der Waals surface area contributed by atoms with Gasteiger partial charge in [0, 0.05) is 21.9 Å². The predicted octanol–water partition coefficient (Wildman–Crippen LogP) is 5.65. The molecule has 0 aliphatic rings. The monoisotopic (exact) mass is 385 g/mol. The third kappa shape index (κ3) is 2.43. The normalized spacial score (nSPS) is 10.7. The SMILES string of the molecule is N#Cc1c2ccccc2c(-c2ccccc(Br)c2=O)c2ccccc12. The fourth-order valence-corrected chi connectivity index (χ4v) is 3.67. The predicted molar refractivity (Wildman–Crippen MR) is 106 cm³/mol. The van der Waals surface area contributed by atoms with Crippen LogP contribution < -0.4 is 5.43 Å². The zero-order chi connectivity index (χ0) is 17.4. The van der Waals surface area contributed by atoms with Crippen molar-refractivity contribution in [2.75, 3.05) is 0 Å². The van der Waals surface area contributed by atoms with Gasteiger partial charge < -0.3 is 0 Å². The number of nitriles is 1. The molecule has 0 aliphatic heterocycles. The summed E-state index contributed by atoms with van der Waals surface area (Å²) < 4.78 is 0.519. The summed E-state index contributed by atoms with van der Waals surface area (Å²) in [5.41, 5.74) is 2.06. The first kappa shape index (κ1) is 15.6. The van der Waals surface area contributed by atoms with Crippen LogP contribution in [-0.4, -0.2) is 0 Å². The minimum Gasteiger partial charge on any atom is -0.288 e. The van der Waals surface area contributed by atoms with Crippen molar-refractivity contribution in [3.63, 3.8) is 0 Å². The van der Waals surface area contributed by atoms with E-state index in [1.54, 1.807) is 6.07 Å². The molecule has 4 aromatic rings. The maximum Gasteiger partial charge on any atom is 0.200 e. The zero-order valence-electron chi connectivity index (χ0n) is 13.2. The van der Waals surface area contributed by atoms with Gasteiger partial charge in [0.1, 0.15) is 6.07 Å². The summed E-state index contributed by atoms with van der Waals surface area (Å²) in [5, 5.41) is 13.3. The lowest BCUT2D eigenvalue weighted by atomic mass is 9.89. The van der Waals surface area contributed by atoms with Crippen LogP contribution in [0.1, 0.15) is 5.56 Å². The van der Waals surface area contributed by atoms with Crippen molar-refractivity contribution in [1.82, 2.24) is 0 Å². The average molecular weight is 386 g/mol. The van der Waals surface area contributed by atoms with Gasteiger partial charge in [0.05, 0.1) is 10.0 Å². The average Bonchev–Trinajstić information content (AvgIpc) is 2.81. The molecule has 0 radical (unpaired) electrons. The van der Waals surface area contributed by atoms with E-state index in [9.17, 15) is 10.1 Å². The summed E-state index contributed by atoms with van der Waals surface area (Å²) >= 11 is 3.36. The van der Waals surface area contributed by atoms with E-state index in [2.05, 4.69) is 22.0 Å². The number of benzene rings is 3. The first-order valence-corrected chi connectivity index (χ1v) is 8.64. The number of hydrogen-bond acceptors (Lipinski definition) is 2. The number of nitrogens with zero attached hydrogens (tertiary/aromatic N) is 1. The molecule has 0 spiro atoms. The van der Waals surface area contributed by atoms with Crippen molar-refractivity contribution in [3.05, 3.63) is 93.1 Å². The van der Waals surface area contributed by atoms with Crippen LogP contribution in [0.4, 0.5) is 0 Å². The van der Waals surface area contributed by atoms with Gasteiger partial charge in [0.15, 0.2) is 0 Å². The molecule has 0 amide bonds. The summed E-state index contributed by atoms with van der Waals surface area (Å²) in [6.45, 7) is 0. The molecule has 0 atom stereocenters. The highest BCUT2D eigenvalue weighted by Crippen LogP contribution is 2.37. The highest BCUT2D eigenvalue weighted by molar-refractivity contribution is 9.10. The van der Waals surface area contributed by atoms with E-state index in [0.29, 0.717) is 15.6 Å². The topological polar surface area (TPSA) is 40.9 Å². The largest absolute Gasteiger partial charge is 0.288 e. The molecular formula is C22H12BrNO. The van der Waals surface area contributed by atoms with Crippen LogP contribution in [0.25, 0.3) is 32.7 Å². The van der Waals surface area contributed by atoms with E-state index in [4.69, 9.17) is 0 Å². The van der Waals surface area contributed by atoms with Gasteiger partial charge in [0.2, 0.25) is 5.43 Å². The quantitative estimate of drug-likeness (QED) is 0.397. The molecule has 0 heterocycles. The second-order valence-corrected chi connectivity index (χ2v) is 6.62. The third-order valence-corrected chi connectivity index (χ3v) is 5.02. The Hall–Kier alpha value is -2.96. The summed E-state index contributed by atoms with van der Waals surface area (Å²) in [4.78, 5) is 12.9. The van der Waals surface area contributed by atoms with Gasteiger partial charge in [-0.25, -0.2) is 0 Å². The summed E-state index contributed by atoms with van der Waals surface area (Å²) in [6.07, 6.45) is 0. The van der Waals surface area contributed by atoms with Crippen molar-refractivity contribution >= 4 is 37.5 Å². The van der Waals surface area contributed by atoms with Crippen LogP contribution in [0.3, 0.4) is 0 Å². The lowest BCUT2D eigenvalue weighted by Crippen LogP contribution is -2.03. The maximum absolute atomic E-state index is 12.9. The molecule has 2 nitrogen and oxygen atoms in total. The Kier molecular flexibility index (Phi) is 3.83. The van der Waals surface area contributed by atoms with Crippen LogP contribution >= 0.6 is 15.9 Å². The lowest BCUT2D eigenvalue weighted by molar-refractivity contribution is 1.51. The number of hydrogen-bond donors (Lipinski definition) is 0. The van der Waals surface area contributed by atoms with Gasteiger partial charge in [-0.3, -0.25) is 4.79 Å². The highest BCUT2D eigenvalue weighted by atomic mass is 79.9. The Morgan fingerprint density at radius 3 is 1.76 bits per heavy atom. The Labute approximate surface area is 153 Å². The van der Waals surface area contributed by atoms with Crippen LogP contribution in [0.2, 0.25) is 0 Å². The summed E-state index contributed by atoms with van der Waals surface area (Å²) in [7, 11) is 0. The molecule has 3 heteroatoms. The van der Waals surface area contributed by atoms with Gasteiger partial charge >= 0.3 is 0 Å². The summed E-state index contributed by atoms with van der Waals surface area (Å²) in [5.74, 6) is 0. The maximum atomic E-state index is 12.9. The molecule has 0 fully saturated rings. The highest BCUT2D eigenvalue weighted by Gasteiger charge is 2.16. The molecule has 118 valence electrons. The standard InChI is InChI=1S/C22H12BrNO/c23-20-12-6-5-11-18(22(20)25)21-16-9-3-1-7-14(16)19(13-24)15-8-2-4-10-17(15)21/h1-12H. The van der Waals surface area contributed by atoms with Crippen molar-refractivity contribution in [2.24, 2.45) is 0 Å². The fourth-order valence-electron chi connectivity index (χ4n) is 3.31. The van der Waals surface area contributed by atoms with E-state index >= 15 is 0 Å². The first-order valence-electron chi connectivity index (χ1n) is 7.85. The Bertz CT molecular complexity index is 1180. The lowest BCUT2D eigenvalue weighted by Gasteiger charge is -2.13. The van der Waals surface area contributed by atoms with Crippen LogP contribution in [0.5, 0.6) is 0 Å². The van der Waals surface area contributed by atoms with Crippen molar-refractivity contribution < 1.29 is 0 Å². The molecule has 0 N–H and O–H groups in total. The molecule has 0 saturated heterocycles. The fraction of sp³-hybridized carbons (Fsp3) is 0. The molecule has 0 unspecified atom stereocenters. The minimum atomic E-state index is -0.0648. The molecule has 0 bridgehead atoms. The summed E-state index contributed by atoms with van der Waals surface area (Å²) in [6, 6.07) is 25.1. The van der Waals surface area contributed by atoms with Crippen LogP contribution in [-0.2, 0) is 0 Å². The molecule has 0 aromatic heterocycles. The first-order chi connectivity index (χ1) is 12.2. The Morgan fingerprint density at radius 1 is 0.720 bits per heavy atom. The Morgan fingerprint density at radius 2 is 1.20 bits per heavy atom. The number of fused-ring (bicyclic) bond motifs is 2. The van der Waals surface area contributed by atoms with Gasteiger partial charge in [0.25, 0.3) is 0 Å². The van der Waals surface area contributed by atoms with Crippen LogP contribution in [0, 0.1) is 11.3 Å². The van der Waals surface area contributed by atoms with Crippen molar-refractivity contribution in [2.45, 2.75) is 0 Å². The van der Waals surface area contributed by atoms with Gasteiger partial charge in [-0.05, 0) is 32.8 Å². The second-order valence-electron chi connectivity index (χ2n) is 5.76. The number of rotatable bonds is 1. The van der Waals surface area contributed by atoms with E-state index in [-0.39, 0.29) is 5.43 Å². The van der Waals surface area contributed by atoms with E-state index in [0.717, 1.165) is 27.1 Å². The number of halogens is 1. The molecule has 25 heavy (non-hydrogen) atoms. The van der Waals surface area contributed by atoms with E-state index in [1.165, 1.54) is 0 Å². The molecule has 0 aliphatic carbocycles. The van der Waals surface area contributed by atoms with Gasteiger partial charge in [-0.15, -0.1) is 0 Å². The van der Waals surface area contributed by atoms with Crippen molar-refractivity contribution in [1.29, 1.82) is 5.26 Å². The zero-order valence-corrected chi connectivity index (χ0v) is 14.7. The van der Waals surface area contributed by atoms with Crippen LogP contribution in [0.15, 0.2) is 82.1 Å². The van der Waals surface area contributed by atoms with Gasteiger partial charge in [-0.2, -0.15) is 5.26 Å². The van der Waals surface area contributed by atoms with Gasteiger partial charge in [-0.1, -0.05) is 66.7 Å². The molecule has 4 rings (SSSR count). The van der Waals surface area contributed by atoms with E-state index < -0.39 is 0 Å². The molecular weight excluding hydrogens is 374 g/mol. The molecule has 0 saturated carbocycles. The molecule has 4 aromatic carbocycles. The smallest absolute Gasteiger partial charge is 0.200 e. The third-order valence-electron chi connectivity index (χ3n) is 4.39. The van der Waals surface area contributed by atoms with E-state index in [1.807, 2.05) is 66.7 Å². The minimum absolute atomic E-state index is 0.0648. The second kappa shape index (κ2) is 6.16. The van der Waals surface area contributed by atoms with Crippen molar-refractivity contribution in [3.8, 4) is 17.2 Å².